The molecule has 1 aromatic carbocycles. The average molecular weight is 494 g/mol. The predicted octanol–water partition coefficient (Wildman–Crippen LogP) is 2.39. The van der Waals surface area contributed by atoms with Crippen molar-refractivity contribution in [2.45, 2.75) is 19.2 Å². The number of aryl methyl sites for hydroxylation is 1. The number of hydrogen-bond donors (Lipinski definition) is 2. The third kappa shape index (κ3) is 4.63. The van der Waals surface area contributed by atoms with Crippen molar-refractivity contribution in [3.8, 4) is 5.75 Å². The zero-order chi connectivity index (χ0) is 23.7. The summed E-state index contributed by atoms with van der Waals surface area (Å²) >= 11 is 12.0. The van der Waals surface area contributed by atoms with Gasteiger partial charge in [0.15, 0.2) is 11.2 Å². The molecule has 1 unspecified atom stereocenters. The average Bonchev–Trinajstić information content (AvgIpc) is 3.42. The molecule has 4 aromatic rings. The number of rotatable bonds is 8. The van der Waals surface area contributed by atoms with Crippen molar-refractivity contribution >= 4 is 40.3 Å². The van der Waals surface area contributed by atoms with E-state index in [4.69, 9.17) is 32.4 Å². The standard InChI is InChI=1S/C21H21Cl2N5O5/c1-26-18-17(19(30)27(2)21(26)31)28(20(25-18)24-9-14-4-3-7-32-14)10-13(29)11-33-16-6-5-12(22)8-15(16)23/h3-8,13,29H,9-11H2,1-2H3,(H,24,25). The summed E-state index contributed by atoms with van der Waals surface area (Å²) in [5.41, 5.74) is -0.666. The van der Waals surface area contributed by atoms with Crippen LogP contribution in [0.2, 0.25) is 10.0 Å². The van der Waals surface area contributed by atoms with Gasteiger partial charge in [-0.1, -0.05) is 23.2 Å². The number of imidazole rings is 1. The van der Waals surface area contributed by atoms with Crippen molar-refractivity contribution in [3.63, 3.8) is 0 Å². The van der Waals surface area contributed by atoms with Gasteiger partial charge in [-0.25, -0.2) is 4.79 Å². The molecule has 174 valence electrons. The lowest BCUT2D eigenvalue weighted by atomic mass is 10.3. The topological polar surface area (TPSA) is 116 Å². The van der Waals surface area contributed by atoms with E-state index < -0.39 is 17.4 Å². The molecule has 3 aromatic heterocycles. The number of halogens is 2. The third-order valence-electron chi connectivity index (χ3n) is 5.07. The van der Waals surface area contributed by atoms with Gasteiger partial charge in [0, 0.05) is 19.1 Å². The summed E-state index contributed by atoms with van der Waals surface area (Å²) in [5, 5.41) is 14.6. The van der Waals surface area contributed by atoms with E-state index in [-0.39, 0.29) is 30.9 Å². The molecule has 12 heteroatoms. The fourth-order valence-electron chi connectivity index (χ4n) is 3.38. The van der Waals surface area contributed by atoms with Crippen LogP contribution in [-0.4, -0.2) is 36.5 Å². The minimum atomic E-state index is -1.03. The van der Waals surface area contributed by atoms with Crippen molar-refractivity contribution in [1.82, 2.24) is 18.7 Å². The fraction of sp³-hybridized carbons (Fsp3) is 0.286. The van der Waals surface area contributed by atoms with E-state index in [1.54, 1.807) is 30.5 Å². The molecule has 0 fully saturated rings. The van der Waals surface area contributed by atoms with Crippen LogP contribution in [-0.2, 0) is 27.2 Å². The van der Waals surface area contributed by atoms with Gasteiger partial charge in [-0.15, -0.1) is 0 Å². The minimum Gasteiger partial charge on any atom is -0.489 e. The van der Waals surface area contributed by atoms with Crippen LogP contribution in [0.4, 0.5) is 5.95 Å². The summed E-state index contributed by atoms with van der Waals surface area (Å²) in [4.78, 5) is 29.7. The molecule has 0 radical (unpaired) electrons. The Hall–Kier alpha value is -3.21. The van der Waals surface area contributed by atoms with Crippen molar-refractivity contribution in [2.75, 3.05) is 11.9 Å². The molecular formula is C21H21Cl2N5O5. The van der Waals surface area contributed by atoms with E-state index in [0.29, 0.717) is 27.5 Å². The van der Waals surface area contributed by atoms with Crippen LogP contribution in [0, 0.1) is 0 Å². The molecule has 4 rings (SSSR count). The zero-order valence-corrected chi connectivity index (χ0v) is 19.3. The van der Waals surface area contributed by atoms with Gasteiger partial charge >= 0.3 is 5.69 Å². The van der Waals surface area contributed by atoms with E-state index in [1.165, 1.54) is 29.3 Å². The number of aliphatic hydroxyl groups is 1. The minimum absolute atomic E-state index is 0.0321. The summed E-state index contributed by atoms with van der Waals surface area (Å²) in [6, 6.07) is 8.30. The van der Waals surface area contributed by atoms with E-state index in [9.17, 15) is 14.7 Å². The Balaban J connectivity index is 1.65. The number of nitrogens with zero attached hydrogens (tertiary/aromatic N) is 4. The smallest absolute Gasteiger partial charge is 0.332 e. The van der Waals surface area contributed by atoms with Gasteiger partial charge in [-0.3, -0.25) is 13.9 Å². The van der Waals surface area contributed by atoms with E-state index >= 15 is 0 Å². The Morgan fingerprint density at radius 2 is 2.00 bits per heavy atom. The maximum atomic E-state index is 12.9. The van der Waals surface area contributed by atoms with Crippen LogP contribution in [0.25, 0.3) is 11.2 Å². The molecule has 0 aliphatic heterocycles. The van der Waals surface area contributed by atoms with Crippen LogP contribution >= 0.6 is 23.2 Å². The highest BCUT2D eigenvalue weighted by atomic mass is 35.5. The zero-order valence-electron chi connectivity index (χ0n) is 17.8. The fourth-order valence-corrected chi connectivity index (χ4v) is 3.84. The highest BCUT2D eigenvalue weighted by molar-refractivity contribution is 6.35. The van der Waals surface area contributed by atoms with Gasteiger partial charge < -0.3 is 24.1 Å². The summed E-state index contributed by atoms with van der Waals surface area (Å²) in [6.45, 7) is 0.151. The number of nitrogens with one attached hydrogen (secondary N) is 1. The van der Waals surface area contributed by atoms with Crippen LogP contribution in [0.5, 0.6) is 5.75 Å². The van der Waals surface area contributed by atoms with Crippen molar-refractivity contribution in [1.29, 1.82) is 0 Å². The summed E-state index contributed by atoms with van der Waals surface area (Å²) in [7, 11) is 2.92. The number of fused-ring (bicyclic) bond motifs is 1. The second kappa shape index (κ2) is 9.34. The van der Waals surface area contributed by atoms with Gasteiger partial charge in [0.05, 0.1) is 24.4 Å². The summed E-state index contributed by atoms with van der Waals surface area (Å²) in [5.74, 6) is 1.31. The molecule has 0 saturated carbocycles. The van der Waals surface area contributed by atoms with E-state index in [1.807, 2.05) is 0 Å². The highest BCUT2D eigenvalue weighted by Crippen LogP contribution is 2.27. The van der Waals surface area contributed by atoms with Gasteiger partial charge in [-0.05, 0) is 30.3 Å². The van der Waals surface area contributed by atoms with Crippen molar-refractivity contribution in [3.05, 3.63) is 73.2 Å². The lowest BCUT2D eigenvalue weighted by Gasteiger charge is -2.16. The van der Waals surface area contributed by atoms with Gasteiger partial charge in [0.1, 0.15) is 24.2 Å². The number of aromatic nitrogens is 4. The first-order valence-corrected chi connectivity index (χ1v) is 10.7. The Labute approximate surface area is 197 Å². The molecule has 10 nitrogen and oxygen atoms in total. The molecule has 33 heavy (non-hydrogen) atoms. The first kappa shape index (κ1) is 23.0. The molecule has 0 bridgehead atoms. The maximum Gasteiger partial charge on any atom is 0.332 e. The van der Waals surface area contributed by atoms with E-state index in [2.05, 4.69) is 10.3 Å². The van der Waals surface area contributed by atoms with Crippen molar-refractivity contribution < 1.29 is 14.3 Å². The van der Waals surface area contributed by atoms with Crippen molar-refractivity contribution in [2.24, 2.45) is 14.1 Å². The number of hydrogen-bond acceptors (Lipinski definition) is 7. The van der Waals surface area contributed by atoms with Crippen LogP contribution in [0.3, 0.4) is 0 Å². The summed E-state index contributed by atoms with van der Waals surface area (Å²) in [6.07, 6.45) is 0.517. The highest BCUT2D eigenvalue weighted by Gasteiger charge is 2.21. The number of ether oxygens (including phenoxy) is 1. The van der Waals surface area contributed by atoms with Gasteiger partial charge in [0.2, 0.25) is 5.95 Å². The molecule has 0 amide bonds. The molecule has 3 heterocycles. The third-order valence-corrected chi connectivity index (χ3v) is 5.60. The summed E-state index contributed by atoms with van der Waals surface area (Å²) < 4.78 is 14.8. The Bertz CT molecular complexity index is 1410. The second-order valence-electron chi connectivity index (χ2n) is 7.40. The van der Waals surface area contributed by atoms with E-state index in [0.717, 1.165) is 4.57 Å². The normalized spacial score (nSPS) is 12.3. The second-order valence-corrected chi connectivity index (χ2v) is 8.24. The van der Waals surface area contributed by atoms with Crippen LogP contribution < -0.4 is 21.3 Å². The van der Waals surface area contributed by atoms with Gasteiger partial charge in [0.25, 0.3) is 5.56 Å². The predicted molar refractivity (Wildman–Crippen MR) is 124 cm³/mol. The molecule has 2 N–H and O–H groups in total. The quantitative estimate of drug-likeness (QED) is 0.387. The number of furan rings is 1. The molecule has 0 aliphatic carbocycles. The van der Waals surface area contributed by atoms with Crippen LogP contribution in [0.1, 0.15) is 5.76 Å². The number of benzene rings is 1. The maximum absolute atomic E-state index is 12.9. The Kier molecular flexibility index (Phi) is 6.50. The Morgan fingerprint density at radius 1 is 1.21 bits per heavy atom. The first-order valence-electron chi connectivity index (χ1n) is 9.94. The molecule has 0 spiro atoms. The molecule has 0 aliphatic rings. The molecular weight excluding hydrogens is 473 g/mol. The lowest BCUT2D eigenvalue weighted by molar-refractivity contribution is 0.0938. The largest absolute Gasteiger partial charge is 0.489 e. The Morgan fingerprint density at radius 3 is 2.70 bits per heavy atom. The first-order chi connectivity index (χ1) is 15.8. The SMILES string of the molecule is Cn1c(=O)c2c(nc(NCc3ccco3)n2CC(O)COc2ccc(Cl)cc2Cl)n(C)c1=O. The van der Waals surface area contributed by atoms with Crippen LogP contribution in [0.15, 0.2) is 50.6 Å². The molecule has 0 saturated heterocycles. The number of anilines is 1. The molecule has 1 atom stereocenters. The van der Waals surface area contributed by atoms with Gasteiger partial charge in [-0.2, -0.15) is 4.98 Å². The monoisotopic (exact) mass is 493 g/mol. The number of aliphatic hydroxyl groups excluding tert-OH is 1. The lowest BCUT2D eigenvalue weighted by Crippen LogP contribution is -2.38.